The van der Waals surface area contributed by atoms with Gasteiger partial charge in [-0.25, -0.2) is 4.39 Å². The van der Waals surface area contributed by atoms with E-state index < -0.39 is 17.8 Å². The number of imide groups is 1. The first-order valence-electron chi connectivity index (χ1n) is 11.6. The Hall–Kier alpha value is -2.72. The second kappa shape index (κ2) is 9.83. The topological polar surface area (TPSA) is 69.7 Å². The molecule has 1 unspecified atom stereocenters. The Bertz CT molecular complexity index is 946. The number of halogens is 1. The summed E-state index contributed by atoms with van der Waals surface area (Å²) in [5, 5.41) is 2.31. The largest absolute Gasteiger partial charge is 0.322 e. The van der Waals surface area contributed by atoms with E-state index in [0.717, 1.165) is 69.3 Å². The highest BCUT2D eigenvalue weighted by molar-refractivity contribution is 6.05. The van der Waals surface area contributed by atoms with Crippen molar-refractivity contribution in [1.29, 1.82) is 0 Å². The third-order valence-corrected chi connectivity index (χ3v) is 6.98. The fraction of sp³-hybridized carbons (Fsp3) is 0.560. The molecule has 6 nitrogen and oxygen atoms in total. The Morgan fingerprint density at radius 3 is 2.59 bits per heavy atom. The smallest absolute Gasteiger partial charge is 0.255 e. The second-order valence-electron chi connectivity index (χ2n) is 9.05. The van der Waals surface area contributed by atoms with Crippen LogP contribution in [0, 0.1) is 18.2 Å². The summed E-state index contributed by atoms with van der Waals surface area (Å²) in [4.78, 5) is 40.8. The number of hydrogen-bond acceptors (Lipinski definition) is 4. The van der Waals surface area contributed by atoms with Crippen LogP contribution in [0.15, 0.2) is 12.1 Å². The zero-order valence-corrected chi connectivity index (χ0v) is 18.4. The number of likely N-dealkylation sites (tertiary alicyclic amines) is 1. The Morgan fingerprint density at radius 1 is 1.09 bits per heavy atom. The van der Waals surface area contributed by atoms with Crippen LogP contribution in [0.2, 0.25) is 0 Å². The normalized spacial score (nSPS) is 22.1. The fourth-order valence-corrected chi connectivity index (χ4v) is 5.22. The minimum atomic E-state index is -0.681. The molecule has 0 spiro atoms. The minimum Gasteiger partial charge on any atom is -0.322 e. The lowest BCUT2D eigenvalue weighted by molar-refractivity contribution is -0.136. The van der Waals surface area contributed by atoms with Crippen LogP contribution in [-0.2, 0) is 16.1 Å². The Morgan fingerprint density at radius 2 is 1.88 bits per heavy atom. The first kappa shape index (κ1) is 22.5. The molecule has 3 amide bonds. The highest BCUT2D eigenvalue weighted by Crippen LogP contribution is 2.37. The molecule has 0 aliphatic carbocycles. The number of nitrogens with one attached hydrogen (secondary N) is 1. The summed E-state index contributed by atoms with van der Waals surface area (Å²) in [7, 11) is 0. The van der Waals surface area contributed by atoms with Crippen LogP contribution in [0.3, 0.4) is 0 Å². The Balaban J connectivity index is 1.42. The zero-order chi connectivity index (χ0) is 22.7. The molecule has 2 saturated heterocycles. The molecule has 0 aromatic heterocycles. The molecule has 2 fully saturated rings. The van der Waals surface area contributed by atoms with Crippen LogP contribution in [0.4, 0.5) is 4.39 Å². The van der Waals surface area contributed by atoms with Crippen LogP contribution >= 0.6 is 0 Å². The summed E-state index contributed by atoms with van der Waals surface area (Å²) in [6.45, 7) is 3.26. The van der Waals surface area contributed by atoms with Crippen molar-refractivity contribution in [1.82, 2.24) is 15.1 Å². The molecule has 3 aliphatic heterocycles. The van der Waals surface area contributed by atoms with Crippen LogP contribution in [-0.4, -0.2) is 53.2 Å². The van der Waals surface area contributed by atoms with Gasteiger partial charge in [-0.3, -0.25) is 19.7 Å². The number of benzene rings is 1. The van der Waals surface area contributed by atoms with Crippen LogP contribution in [0.25, 0.3) is 0 Å². The molecule has 170 valence electrons. The average molecular weight is 440 g/mol. The van der Waals surface area contributed by atoms with Gasteiger partial charge in [-0.05, 0) is 80.9 Å². The molecule has 1 aromatic rings. The predicted octanol–water partition coefficient (Wildman–Crippen LogP) is 2.96. The first-order valence-corrected chi connectivity index (χ1v) is 11.6. The molecule has 0 saturated carbocycles. The minimum absolute atomic E-state index is 0.201. The van der Waals surface area contributed by atoms with E-state index in [-0.39, 0.29) is 24.2 Å². The third-order valence-electron chi connectivity index (χ3n) is 6.98. The van der Waals surface area contributed by atoms with E-state index in [0.29, 0.717) is 18.5 Å². The van der Waals surface area contributed by atoms with Gasteiger partial charge in [0.2, 0.25) is 11.8 Å². The molecule has 3 heterocycles. The van der Waals surface area contributed by atoms with E-state index in [2.05, 4.69) is 16.1 Å². The predicted molar refractivity (Wildman–Crippen MR) is 118 cm³/mol. The van der Waals surface area contributed by atoms with Crippen molar-refractivity contribution in [3.8, 4) is 12.3 Å². The van der Waals surface area contributed by atoms with Crippen molar-refractivity contribution in [2.75, 3.05) is 19.6 Å². The molecule has 1 aromatic carbocycles. The molecule has 1 atom stereocenters. The third kappa shape index (κ3) is 4.71. The van der Waals surface area contributed by atoms with Gasteiger partial charge in [0, 0.05) is 24.9 Å². The fourth-order valence-electron chi connectivity index (χ4n) is 5.22. The van der Waals surface area contributed by atoms with Crippen LogP contribution < -0.4 is 5.32 Å². The van der Waals surface area contributed by atoms with Crippen molar-refractivity contribution in [3.05, 3.63) is 34.6 Å². The molecule has 3 aliphatic rings. The summed E-state index contributed by atoms with van der Waals surface area (Å²) in [6.07, 6.45) is 11.8. The highest BCUT2D eigenvalue weighted by Gasteiger charge is 2.41. The van der Waals surface area contributed by atoms with Gasteiger partial charge in [-0.15, -0.1) is 12.3 Å². The van der Waals surface area contributed by atoms with Crippen LogP contribution in [0.1, 0.15) is 78.8 Å². The zero-order valence-electron chi connectivity index (χ0n) is 18.4. The highest BCUT2D eigenvalue weighted by atomic mass is 19.1. The Kier molecular flexibility index (Phi) is 6.90. The first-order chi connectivity index (χ1) is 15.5. The average Bonchev–Trinajstić information content (AvgIpc) is 3.10. The van der Waals surface area contributed by atoms with Crippen molar-refractivity contribution in [2.45, 2.75) is 69.9 Å². The molecule has 1 N–H and O–H groups in total. The number of piperidine rings is 2. The van der Waals surface area contributed by atoms with E-state index in [9.17, 15) is 18.8 Å². The quantitative estimate of drug-likeness (QED) is 0.403. The van der Waals surface area contributed by atoms with Gasteiger partial charge in [0.25, 0.3) is 5.91 Å². The number of unbranched alkanes of at least 4 members (excludes halogenated alkanes) is 3. The monoisotopic (exact) mass is 439 g/mol. The standard InChI is InChI=1S/C25H30FN3O3/c1-2-3-4-5-6-11-28-12-9-17(10-13-28)19-14-18(26)15-20-21(19)16-29(25(20)32)22-7-8-23(30)27-24(22)31/h1,14-15,17,22H,3-13,16H2,(H,27,30,31). The van der Waals surface area contributed by atoms with E-state index in [1.807, 2.05) is 0 Å². The summed E-state index contributed by atoms with van der Waals surface area (Å²) in [5.74, 6) is 1.39. The molecule has 32 heavy (non-hydrogen) atoms. The lowest BCUT2D eigenvalue weighted by Crippen LogP contribution is -2.52. The Labute approximate surface area is 188 Å². The second-order valence-corrected chi connectivity index (χ2v) is 9.05. The van der Waals surface area contributed by atoms with E-state index in [1.165, 1.54) is 11.0 Å². The maximum atomic E-state index is 14.5. The summed E-state index contributed by atoms with van der Waals surface area (Å²) in [6, 6.07) is 2.18. The molecule has 0 bridgehead atoms. The molecular weight excluding hydrogens is 409 g/mol. The number of amides is 3. The van der Waals surface area contributed by atoms with Gasteiger partial charge in [0.1, 0.15) is 11.9 Å². The van der Waals surface area contributed by atoms with Gasteiger partial charge in [-0.2, -0.15) is 0 Å². The maximum absolute atomic E-state index is 14.5. The number of carbonyl (C=O) groups excluding carboxylic acids is 3. The molecular formula is C25H30FN3O3. The molecule has 7 heteroatoms. The van der Waals surface area contributed by atoms with Gasteiger partial charge >= 0.3 is 0 Å². The van der Waals surface area contributed by atoms with Gasteiger partial charge in [0.05, 0.1) is 0 Å². The number of carbonyl (C=O) groups is 3. The van der Waals surface area contributed by atoms with Crippen molar-refractivity contribution >= 4 is 17.7 Å². The molecule has 0 radical (unpaired) electrons. The number of terminal acetylenes is 1. The number of fused-ring (bicyclic) bond motifs is 1. The lowest BCUT2D eigenvalue weighted by Gasteiger charge is -2.33. The van der Waals surface area contributed by atoms with E-state index in [1.54, 1.807) is 6.07 Å². The van der Waals surface area contributed by atoms with Gasteiger partial charge in [0.15, 0.2) is 0 Å². The number of hydrogen-bond donors (Lipinski definition) is 1. The SMILES string of the molecule is C#CCCCCCN1CCC(c2cc(F)cc3c2CN(C2CCC(=O)NC2=O)C3=O)CC1. The number of nitrogens with zero attached hydrogens (tertiary/aromatic N) is 2. The van der Waals surface area contributed by atoms with Crippen molar-refractivity contribution < 1.29 is 18.8 Å². The van der Waals surface area contributed by atoms with E-state index in [4.69, 9.17) is 6.42 Å². The maximum Gasteiger partial charge on any atom is 0.255 e. The number of rotatable bonds is 7. The van der Waals surface area contributed by atoms with Crippen molar-refractivity contribution in [2.24, 2.45) is 0 Å². The van der Waals surface area contributed by atoms with Gasteiger partial charge < -0.3 is 9.80 Å². The summed E-state index contributed by atoms with van der Waals surface area (Å²) in [5.41, 5.74) is 2.10. The molecule has 4 rings (SSSR count). The summed E-state index contributed by atoms with van der Waals surface area (Å²) >= 11 is 0. The van der Waals surface area contributed by atoms with E-state index >= 15 is 0 Å². The summed E-state index contributed by atoms with van der Waals surface area (Å²) < 4.78 is 14.5. The van der Waals surface area contributed by atoms with Crippen molar-refractivity contribution in [3.63, 3.8) is 0 Å². The van der Waals surface area contributed by atoms with Gasteiger partial charge in [-0.1, -0.05) is 6.42 Å². The lowest BCUT2D eigenvalue weighted by atomic mass is 9.85. The van der Waals surface area contributed by atoms with Crippen LogP contribution in [0.5, 0.6) is 0 Å².